The molecule has 0 unspecified atom stereocenters. The monoisotopic (exact) mass is 362 g/mol. The Kier molecular flexibility index (Phi) is 6.20. The van der Waals surface area contributed by atoms with Gasteiger partial charge in [0.25, 0.3) is 0 Å². The van der Waals surface area contributed by atoms with Gasteiger partial charge in [-0.05, 0) is 40.4 Å². The molecule has 0 fully saturated rings. The van der Waals surface area contributed by atoms with Gasteiger partial charge in [-0.15, -0.1) is 0 Å². The number of ether oxygens (including phenoxy) is 1. The molecule has 1 rings (SSSR count). The van der Waals surface area contributed by atoms with Crippen LogP contribution in [0.15, 0.2) is 21.5 Å². The fourth-order valence-electron chi connectivity index (χ4n) is 2.03. The van der Waals surface area contributed by atoms with Gasteiger partial charge in [0.2, 0.25) is 0 Å². The van der Waals surface area contributed by atoms with E-state index in [1.165, 1.54) is 7.11 Å². The Labute approximate surface area is 128 Å². The molecule has 0 heterocycles. The summed E-state index contributed by atoms with van der Waals surface area (Å²) in [5.41, 5.74) is 0.965. The van der Waals surface area contributed by atoms with Crippen LogP contribution < -0.4 is 0 Å². The number of aryl methyl sites for hydroxylation is 1. The van der Waals surface area contributed by atoms with Gasteiger partial charge in [-0.3, -0.25) is 0 Å². The van der Waals surface area contributed by atoms with Crippen LogP contribution in [0.3, 0.4) is 0 Å². The van der Waals surface area contributed by atoms with Crippen molar-refractivity contribution < 1.29 is 17.9 Å². The van der Waals surface area contributed by atoms with Crippen molar-refractivity contribution in [3.05, 3.63) is 27.7 Å². The average molecular weight is 363 g/mol. The zero-order chi connectivity index (χ0) is 15.3. The molecule has 0 aliphatic carbocycles. The van der Waals surface area contributed by atoms with E-state index in [9.17, 15) is 13.2 Å². The lowest BCUT2D eigenvalue weighted by atomic mass is 10.1. The largest absolute Gasteiger partial charge is 0.465 e. The molecule has 112 valence electrons. The Hall–Kier alpha value is -0.880. The van der Waals surface area contributed by atoms with E-state index in [0.717, 1.165) is 31.1 Å². The molecule has 0 saturated heterocycles. The van der Waals surface area contributed by atoms with Crippen LogP contribution in [0.2, 0.25) is 0 Å². The van der Waals surface area contributed by atoms with Gasteiger partial charge in [0.05, 0.1) is 22.0 Å². The number of unbranched alkanes of at least 4 members (excludes halogenated alkanes) is 2. The first kappa shape index (κ1) is 17.2. The quantitative estimate of drug-likeness (QED) is 0.574. The van der Waals surface area contributed by atoms with E-state index in [2.05, 4.69) is 27.6 Å². The molecule has 0 amide bonds. The molecule has 0 aliphatic heterocycles. The highest BCUT2D eigenvalue weighted by Gasteiger charge is 2.22. The van der Waals surface area contributed by atoms with Crippen molar-refractivity contribution >= 4 is 31.7 Å². The Bertz CT molecular complexity index is 593. The summed E-state index contributed by atoms with van der Waals surface area (Å²) in [7, 11) is -2.15. The van der Waals surface area contributed by atoms with Crippen molar-refractivity contribution in [2.24, 2.45) is 0 Å². The summed E-state index contributed by atoms with van der Waals surface area (Å²) in [5.74, 6) is -0.554. The minimum Gasteiger partial charge on any atom is -0.465 e. The van der Waals surface area contributed by atoms with Gasteiger partial charge in [0.15, 0.2) is 9.84 Å². The van der Waals surface area contributed by atoms with Crippen LogP contribution in [-0.2, 0) is 21.0 Å². The summed E-state index contributed by atoms with van der Waals surface area (Å²) in [6.45, 7) is 2.09. The fourth-order valence-corrected chi connectivity index (χ4v) is 4.54. The number of carbonyl (C=O) groups is 1. The third-order valence-electron chi connectivity index (χ3n) is 3.00. The molecule has 0 bridgehead atoms. The van der Waals surface area contributed by atoms with Crippen LogP contribution in [0.4, 0.5) is 0 Å². The standard InChI is InChI=1S/C14H19BrO4S/c1-4-5-6-7-10-8-9-11(14(16)19-2)12(15)13(10)20(3,17)18/h8-9H,4-7H2,1-3H3. The van der Waals surface area contributed by atoms with Crippen LogP contribution in [0.25, 0.3) is 0 Å². The molecule has 4 nitrogen and oxygen atoms in total. The Morgan fingerprint density at radius 2 is 1.95 bits per heavy atom. The lowest BCUT2D eigenvalue weighted by Gasteiger charge is -2.13. The van der Waals surface area contributed by atoms with Gasteiger partial charge < -0.3 is 4.74 Å². The number of methoxy groups -OCH3 is 1. The molecule has 0 aromatic heterocycles. The zero-order valence-electron chi connectivity index (χ0n) is 11.9. The summed E-state index contributed by atoms with van der Waals surface area (Å²) in [5, 5.41) is 0. The maximum atomic E-state index is 12.0. The molecule has 1 aromatic rings. The van der Waals surface area contributed by atoms with Gasteiger partial charge in [-0.1, -0.05) is 25.8 Å². The van der Waals surface area contributed by atoms with Crippen molar-refractivity contribution in [3.63, 3.8) is 0 Å². The molecule has 0 radical (unpaired) electrons. The number of sulfone groups is 1. The first-order valence-corrected chi connectivity index (χ1v) is 9.11. The summed E-state index contributed by atoms with van der Waals surface area (Å²) in [6.07, 6.45) is 4.85. The first-order chi connectivity index (χ1) is 9.32. The van der Waals surface area contributed by atoms with E-state index in [1.807, 2.05) is 0 Å². The molecule has 0 spiro atoms. The molecule has 6 heteroatoms. The van der Waals surface area contributed by atoms with Crippen molar-refractivity contribution in [1.82, 2.24) is 0 Å². The molecular formula is C14H19BrO4S. The molecule has 0 aliphatic rings. The van der Waals surface area contributed by atoms with Crippen LogP contribution in [0.5, 0.6) is 0 Å². The normalized spacial score (nSPS) is 11.4. The van der Waals surface area contributed by atoms with Crippen LogP contribution in [0.1, 0.15) is 42.1 Å². The highest BCUT2D eigenvalue weighted by molar-refractivity contribution is 9.10. The van der Waals surface area contributed by atoms with Crippen molar-refractivity contribution in [3.8, 4) is 0 Å². The van der Waals surface area contributed by atoms with E-state index in [-0.39, 0.29) is 10.5 Å². The molecule has 0 saturated carbocycles. The van der Waals surface area contributed by atoms with Gasteiger partial charge >= 0.3 is 5.97 Å². The first-order valence-electron chi connectivity index (χ1n) is 6.42. The number of halogens is 1. The van der Waals surface area contributed by atoms with Crippen LogP contribution in [0, 0.1) is 0 Å². The molecule has 0 N–H and O–H groups in total. The summed E-state index contributed by atoms with van der Waals surface area (Å²) in [6, 6.07) is 3.30. The second-order valence-corrected chi connectivity index (χ2v) is 7.38. The Morgan fingerprint density at radius 3 is 2.45 bits per heavy atom. The third kappa shape index (κ3) is 4.06. The minimum atomic E-state index is -3.42. The van der Waals surface area contributed by atoms with E-state index in [1.54, 1.807) is 12.1 Å². The van der Waals surface area contributed by atoms with E-state index in [4.69, 9.17) is 0 Å². The number of esters is 1. The van der Waals surface area contributed by atoms with Crippen LogP contribution in [-0.4, -0.2) is 27.8 Å². The predicted octanol–water partition coefficient (Wildman–Crippen LogP) is 3.37. The van der Waals surface area contributed by atoms with Crippen LogP contribution >= 0.6 is 15.9 Å². The van der Waals surface area contributed by atoms with E-state index in [0.29, 0.717) is 10.9 Å². The summed E-state index contributed by atoms with van der Waals surface area (Å²) < 4.78 is 28.9. The maximum Gasteiger partial charge on any atom is 0.339 e. The van der Waals surface area contributed by atoms with E-state index >= 15 is 0 Å². The molecule has 1 aromatic carbocycles. The summed E-state index contributed by atoms with van der Waals surface area (Å²) in [4.78, 5) is 11.8. The Morgan fingerprint density at radius 1 is 1.30 bits per heavy atom. The summed E-state index contributed by atoms with van der Waals surface area (Å²) >= 11 is 3.24. The maximum absolute atomic E-state index is 12.0. The SMILES string of the molecule is CCCCCc1ccc(C(=O)OC)c(Br)c1S(C)(=O)=O. The third-order valence-corrected chi connectivity index (χ3v) is 5.30. The smallest absolute Gasteiger partial charge is 0.339 e. The zero-order valence-corrected chi connectivity index (χ0v) is 14.3. The van der Waals surface area contributed by atoms with Gasteiger partial charge in [0.1, 0.15) is 0 Å². The van der Waals surface area contributed by atoms with Crippen molar-refractivity contribution in [1.29, 1.82) is 0 Å². The highest BCUT2D eigenvalue weighted by atomic mass is 79.9. The number of rotatable bonds is 6. The Balaban J connectivity index is 3.33. The lowest BCUT2D eigenvalue weighted by molar-refractivity contribution is 0.0599. The topological polar surface area (TPSA) is 60.4 Å². The van der Waals surface area contributed by atoms with E-state index < -0.39 is 15.8 Å². The fraction of sp³-hybridized carbons (Fsp3) is 0.500. The lowest BCUT2D eigenvalue weighted by Crippen LogP contribution is -2.10. The average Bonchev–Trinajstić information content (AvgIpc) is 2.36. The molecular weight excluding hydrogens is 344 g/mol. The van der Waals surface area contributed by atoms with Gasteiger partial charge in [-0.2, -0.15) is 0 Å². The minimum absolute atomic E-state index is 0.191. The second kappa shape index (κ2) is 7.22. The predicted molar refractivity (Wildman–Crippen MR) is 81.8 cm³/mol. The molecule has 0 atom stereocenters. The van der Waals surface area contributed by atoms with Gasteiger partial charge in [0, 0.05) is 6.26 Å². The number of hydrogen-bond donors (Lipinski definition) is 0. The number of benzene rings is 1. The van der Waals surface area contributed by atoms with Crippen molar-refractivity contribution in [2.75, 3.05) is 13.4 Å². The van der Waals surface area contributed by atoms with Crippen molar-refractivity contribution in [2.45, 2.75) is 37.5 Å². The second-order valence-electron chi connectivity index (χ2n) is 4.64. The number of carbonyl (C=O) groups excluding carboxylic acids is 1. The highest BCUT2D eigenvalue weighted by Crippen LogP contribution is 2.31. The molecule has 20 heavy (non-hydrogen) atoms. The van der Waals surface area contributed by atoms with Gasteiger partial charge in [-0.25, -0.2) is 13.2 Å². The number of hydrogen-bond acceptors (Lipinski definition) is 4.